The largest absolute Gasteiger partial charge is 1.00 e. The highest BCUT2D eigenvalue weighted by Gasteiger charge is 2.05. The molecule has 0 aliphatic heterocycles. The van der Waals surface area contributed by atoms with Crippen molar-refractivity contribution in [3.8, 4) is 0 Å². The van der Waals surface area contributed by atoms with Crippen molar-refractivity contribution in [2.45, 2.75) is 143 Å². The van der Waals surface area contributed by atoms with Gasteiger partial charge in [0.05, 0.1) is 26.3 Å². The lowest BCUT2D eigenvalue weighted by Crippen LogP contribution is -3.00. The molecular weight excluding hydrogens is 519 g/mol. The first kappa shape index (κ1) is 36.9. The summed E-state index contributed by atoms with van der Waals surface area (Å²) < 4.78 is 20.3. The van der Waals surface area contributed by atoms with E-state index in [1.54, 1.807) is 0 Å². The van der Waals surface area contributed by atoms with Gasteiger partial charge in [-0.15, -0.1) is 0 Å². The van der Waals surface area contributed by atoms with E-state index >= 15 is 0 Å². The Labute approximate surface area is 245 Å². The maximum atomic E-state index is 5.78. The second-order valence-electron chi connectivity index (χ2n) is 10.4. The fourth-order valence-corrected chi connectivity index (χ4v) is 4.61. The normalized spacial score (nSPS) is 10.9. The average molecular weight is 576 g/mol. The minimum atomic E-state index is 0. The highest BCUT2D eigenvalue weighted by Crippen LogP contribution is 2.10. The summed E-state index contributed by atoms with van der Waals surface area (Å²) in [6.45, 7) is 9.12. The zero-order chi connectivity index (χ0) is 25.5. The molecule has 0 saturated heterocycles. The van der Waals surface area contributed by atoms with Gasteiger partial charge in [0.2, 0.25) is 12.7 Å². The fraction of sp³-hybridized carbons (Fsp3) is 0.800. The van der Waals surface area contributed by atoms with Crippen molar-refractivity contribution in [3.63, 3.8) is 0 Å². The molecule has 0 spiro atoms. The number of ether oxygens (including phenoxy) is 2. The Morgan fingerprint density at radius 3 is 1.21 bits per heavy atom. The van der Waals surface area contributed by atoms with E-state index < -0.39 is 0 Å². The average Bonchev–Trinajstić information content (AvgIpc) is 3.54. The van der Waals surface area contributed by atoms with E-state index in [0.717, 1.165) is 13.1 Å². The lowest BCUT2D eigenvalue weighted by atomic mass is 10.1. The van der Waals surface area contributed by atoms with Crippen LogP contribution in [0.5, 0.6) is 0 Å². The molecule has 8 heteroatoms. The molecule has 0 N–H and O–H groups in total. The van der Waals surface area contributed by atoms with Gasteiger partial charge in [-0.1, -0.05) is 90.9 Å². The third-order valence-electron chi connectivity index (χ3n) is 6.88. The molecular formula is C30H56Cl2N4O2. The van der Waals surface area contributed by atoms with E-state index in [9.17, 15) is 0 Å². The Kier molecular flexibility index (Phi) is 25.4. The smallest absolute Gasteiger partial charge is 0.245 e. The second kappa shape index (κ2) is 26.2. The molecule has 0 atom stereocenters. The van der Waals surface area contributed by atoms with E-state index in [-0.39, 0.29) is 24.8 Å². The molecule has 2 heterocycles. The summed E-state index contributed by atoms with van der Waals surface area (Å²) in [5.74, 6) is 0. The van der Waals surface area contributed by atoms with Gasteiger partial charge in [0, 0.05) is 0 Å². The van der Waals surface area contributed by atoms with Gasteiger partial charge in [-0.05, 0) is 25.7 Å². The number of rotatable bonds is 25. The Morgan fingerprint density at radius 2 is 0.842 bits per heavy atom. The van der Waals surface area contributed by atoms with Gasteiger partial charge in [0.15, 0.2) is 13.5 Å². The SMILES string of the molecule is CCCCCCCCCCn1cc[n+](COCCOC[n+]2ccn(CCCCCCCCCC)c2)c1.[Cl-].[Cl-]. The third-order valence-corrected chi connectivity index (χ3v) is 6.88. The molecule has 0 radical (unpaired) electrons. The zero-order valence-electron chi connectivity index (χ0n) is 24.4. The van der Waals surface area contributed by atoms with E-state index in [2.05, 4.69) is 69.6 Å². The van der Waals surface area contributed by atoms with Gasteiger partial charge in [-0.3, -0.25) is 0 Å². The van der Waals surface area contributed by atoms with E-state index in [1.165, 1.54) is 103 Å². The van der Waals surface area contributed by atoms with Gasteiger partial charge in [-0.2, -0.15) is 0 Å². The first-order chi connectivity index (χ1) is 17.8. The predicted octanol–water partition coefficient (Wildman–Crippen LogP) is 0.802. The van der Waals surface area contributed by atoms with Gasteiger partial charge in [-0.25, -0.2) is 18.3 Å². The van der Waals surface area contributed by atoms with Crippen molar-refractivity contribution in [2.24, 2.45) is 0 Å². The number of imidazole rings is 2. The van der Waals surface area contributed by atoms with Crippen LogP contribution in [0.1, 0.15) is 117 Å². The van der Waals surface area contributed by atoms with Crippen LogP contribution in [0.3, 0.4) is 0 Å². The van der Waals surface area contributed by atoms with Crippen LogP contribution in [0.15, 0.2) is 37.4 Å². The van der Waals surface area contributed by atoms with E-state index in [1.807, 2.05) is 0 Å². The monoisotopic (exact) mass is 574 g/mol. The zero-order valence-corrected chi connectivity index (χ0v) is 25.9. The number of halogens is 2. The summed E-state index contributed by atoms with van der Waals surface area (Å²) >= 11 is 0. The summed E-state index contributed by atoms with van der Waals surface area (Å²) in [5, 5.41) is 0. The molecule has 0 unspecified atom stereocenters. The Balaban J connectivity index is 0.00000684. The fourth-order valence-electron chi connectivity index (χ4n) is 4.61. The number of unbranched alkanes of at least 4 members (excludes halogenated alkanes) is 14. The van der Waals surface area contributed by atoms with Crippen LogP contribution >= 0.6 is 0 Å². The molecule has 0 aliphatic rings. The minimum absolute atomic E-state index is 0. The second-order valence-corrected chi connectivity index (χ2v) is 10.4. The first-order valence-electron chi connectivity index (χ1n) is 15.1. The van der Waals surface area contributed by atoms with Crippen LogP contribution < -0.4 is 33.9 Å². The van der Waals surface area contributed by atoms with Crippen molar-refractivity contribution in [1.82, 2.24) is 9.13 Å². The summed E-state index contributed by atoms with van der Waals surface area (Å²) in [6, 6.07) is 0. The van der Waals surface area contributed by atoms with Gasteiger partial charge < -0.3 is 34.3 Å². The molecule has 6 nitrogen and oxygen atoms in total. The first-order valence-corrected chi connectivity index (χ1v) is 15.1. The van der Waals surface area contributed by atoms with E-state index in [0.29, 0.717) is 26.7 Å². The number of hydrogen-bond donors (Lipinski definition) is 0. The quantitative estimate of drug-likeness (QED) is 0.130. The topological polar surface area (TPSA) is 36.1 Å². The number of nitrogens with zero attached hydrogens (tertiary/aromatic N) is 4. The summed E-state index contributed by atoms with van der Waals surface area (Å²) in [4.78, 5) is 0. The Bertz CT molecular complexity index is 692. The Hall–Kier alpha value is -1.08. The molecule has 0 aliphatic carbocycles. The lowest BCUT2D eigenvalue weighted by Gasteiger charge is -2.03. The number of hydrogen-bond acceptors (Lipinski definition) is 2. The molecule has 0 fully saturated rings. The molecule has 0 aromatic carbocycles. The summed E-state index contributed by atoms with van der Waals surface area (Å²) in [7, 11) is 0. The number of aryl methyl sites for hydroxylation is 2. The van der Waals surface area contributed by atoms with Crippen molar-refractivity contribution in [1.29, 1.82) is 0 Å². The van der Waals surface area contributed by atoms with Crippen LogP contribution in [-0.2, 0) is 36.0 Å². The molecule has 222 valence electrons. The molecule has 0 bridgehead atoms. The maximum Gasteiger partial charge on any atom is 0.245 e. The molecule has 2 aromatic rings. The number of aromatic nitrogens is 4. The molecule has 0 saturated carbocycles. The van der Waals surface area contributed by atoms with Crippen molar-refractivity contribution >= 4 is 0 Å². The minimum Gasteiger partial charge on any atom is -1.00 e. The van der Waals surface area contributed by atoms with Crippen LogP contribution in [0, 0.1) is 0 Å². The molecule has 2 rings (SSSR count). The third kappa shape index (κ3) is 19.1. The van der Waals surface area contributed by atoms with E-state index in [4.69, 9.17) is 9.47 Å². The standard InChI is InChI=1S/C30H56N4O2.2ClH/c1-3-5-7-9-11-13-15-17-19-31-21-23-33(27-31)29-35-25-26-36-30-34-24-22-32(28-34)20-18-16-14-12-10-8-6-4-2;;/h21-24,27-28H,3-20,25-26,29-30H2,1-2H3;2*1H/q+2;;/p-2. The summed E-state index contributed by atoms with van der Waals surface area (Å²) in [5.41, 5.74) is 0. The van der Waals surface area contributed by atoms with Crippen LogP contribution in [0.4, 0.5) is 0 Å². The van der Waals surface area contributed by atoms with Gasteiger partial charge in [0.1, 0.15) is 24.8 Å². The van der Waals surface area contributed by atoms with Crippen LogP contribution in [0.2, 0.25) is 0 Å². The van der Waals surface area contributed by atoms with Crippen LogP contribution in [-0.4, -0.2) is 22.3 Å². The van der Waals surface area contributed by atoms with Gasteiger partial charge in [0.25, 0.3) is 0 Å². The Morgan fingerprint density at radius 1 is 0.500 bits per heavy atom. The molecule has 2 aromatic heterocycles. The van der Waals surface area contributed by atoms with Crippen molar-refractivity contribution in [3.05, 3.63) is 37.4 Å². The highest BCUT2D eigenvalue weighted by atomic mass is 35.5. The van der Waals surface area contributed by atoms with Crippen LogP contribution in [0.25, 0.3) is 0 Å². The molecule has 38 heavy (non-hydrogen) atoms. The lowest BCUT2D eigenvalue weighted by molar-refractivity contribution is -0.737. The van der Waals surface area contributed by atoms with Crippen molar-refractivity contribution in [2.75, 3.05) is 13.2 Å². The maximum absolute atomic E-state index is 5.78. The highest BCUT2D eigenvalue weighted by molar-refractivity contribution is 4.66. The molecule has 0 amide bonds. The van der Waals surface area contributed by atoms with Crippen molar-refractivity contribution < 1.29 is 43.4 Å². The predicted molar refractivity (Wildman–Crippen MR) is 146 cm³/mol. The van der Waals surface area contributed by atoms with Gasteiger partial charge >= 0.3 is 0 Å². The summed E-state index contributed by atoms with van der Waals surface area (Å²) in [6.07, 6.45) is 34.6.